The summed E-state index contributed by atoms with van der Waals surface area (Å²) in [6.45, 7) is 0.882. The Morgan fingerprint density at radius 2 is 2.05 bits per heavy atom. The monoisotopic (exact) mass is 312 g/mol. The van der Waals surface area contributed by atoms with E-state index in [1.807, 2.05) is 0 Å². The Kier molecular flexibility index (Phi) is 4.69. The van der Waals surface area contributed by atoms with Crippen molar-refractivity contribution in [1.29, 1.82) is 0 Å². The van der Waals surface area contributed by atoms with E-state index in [2.05, 4.69) is 15.4 Å². The van der Waals surface area contributed by atoms with Crippen LogP contribution >= 0.6 is 0 Å². The summed E-state index contributed by atoms with van der Waals surface area (Å²) < 4.78 is 26.1. The summed E-state index contributed by atoms with van der Waals surface area (Å²) >= 11 is 0. The highest BCUT2D eigenvalue weighted by Crippen LogP contribution is 2.28. The SMILES string of the molecule is CNS(=O)(=O)c1cc(N)ccc1NCCNC(=O)C1CC1. The van der Waals surface area contributed by atoms with Crippen molar-refractivity contribution in [1.82, 2.24) is 10.0 Å². The lowest BCUT2D eigenvalue weighted by molar-refractivity contribution is -0.122. The molecule has 21 heavy (non-hydrogen) atoms. The molecule has 1 aliphatic carbocycles. The topological polar surface area (TPSA) is 113 Å². The first-order chi connectivity index (χ1) is 9.94. The number of amides is 1. The molecule has 0 heterocycles. The quantitative estimate of drug-likeness (QED) is 0.422. The van der Waals surface area contributed by atoms with Gasteiger partial charge in [-0.25, -0.2) is 13.1 Å². The van der Waals surface area contributed by atoms with Crippen LogP contribution in [0.25, 0.3) is 0 Å². The van der Waals surface area contributed by atoms with Gasteiger partial charge in [-0.05, 0) is 38.1 Å². The summed E-state index contributed by atoms with van der Waals surface area (Å²) in [5.74, 6) is 0.235. The number of hydrogen-bond donors (Lipinski definition) is 4. The van der Waals surface area contributed by atoms with Gasteiger partial charge in [0.05, 0.1) is 5.69 Å². The smallest absolute Gasteiger partial charge is 0.242 e. The molecule has 0 saturated heterocycles. The minimum absolute atomic E-state index is 0.0668. The highest BCUT2D eigenvalue weighted by molar-refractivity contribution is 7.89. The van der Waals surface area contributed by atoms with Crippen LogP contribution in [-0.2, 0) is 14.8 Å². The molecular weight excluding hydrogens is 292 g/mol. The Morgan fingerprint density at radius 1 is 1.33 bits per heavy atom. The Bertz CT molecular complexity index is 626. The number of nitrogen functional groups attached to an aromatic ring is 1. The first-order valence-electron chi connectivity index (χ1n) is 6.78. The number of rotatable bonds is 7. The summed E-state index contributed by atoms with van der Waals surface area (Å²) in [5.41, 5.74) is 6.47. The maximum absolute atomic E-state index is 11.9. The van der Waals surface area contributed by atoms with Crippen molar-refractivity contribution in [2.24, 2.45) is 5.92 Å². The number of nitrogens with two attached hydrogens (primary N) is 1. The summed E-state index contributed by atoms with van der Waals surface area (Å²) in [4.78, 5) is 11.6. The highest BCUT2D eigenvalue weighted by Gasteiger charge is 2.29. The van der Waals surface area contributed by atoms with Gasteiger partial charge in [0.1, 0.15) is 4.90 Å². The molecule has 1 aromatic rings. The third-order valence-corrected chi connectivity index (χ3v) is 4.71. The number of benzene rings is 1. The van der Waals surface area contributed by atoms with E-state index in [4.69, 9.17) is 5.73 Å². The molecule has 0 radical (unpaired) electrons. The molecule has 7 nitrogen and oxygen atoms in total. The Balaban J connectivity index is 1.97. The number of carbonyl (C=O) groups is 1. The van der Waals surface area contributed by atoms with Crippen LogP contribution in [0.4, 0.5) is 11.4 Å². The zero-order chi connectivity index (χ0) is 15.5. The molecule has 0 bridgehead atoms. The molecule has 1 saturated carbocycles. The van der Waals surface area contributed by atoms with E-state index in [0.717, 1.165) is 12.8 Å². The van der Waals surface area contributed by atoms with Crippen LogP contribution in [0.1, 0.15) is 12.8 Å². The van der Waals surface area contributed by atoms with Crippen molar-refractivity contribution < 1.29 is 13.2 Å². The van der Waals surface area contributed by atoms with E-state index >= 15 is 0 Å². The van der Waals surface area contributed by atoms with Crippen LogP contribution in [-0.4, -0.2) is 34.5 Å². The molecule has 0 atom stereocenters. The van der Waals surface area contributed by atoms with Crippen LogP contribution in [0.2, 0.25) is 0 Å². The average Bonchev–Trinajstić information content (AvgIpc) is 3.29. The number of carbonyl (C=O) groups excluding carboxylic acids is 1. The Morgan fingerprint density at radius 3 is 2.67 bits per heavy atom. The van der Waals surface area contributed by atoms with E-state index in [-0.39, 0.29) is 16.7 Å². The molecule has 8 heteroatoms. The second-order valence-electron chi connectivity index (χ2n) is 4.96. The fraction of sp³-hybridized carbons (Fsp3) is 0.462. The minimum Gasteiger partial charge on any atom is -0.399 e. The van der Waals surface area contributed by atoms with Gasteiger partial charge in [-0.2, -0.15) is 0 Å². The van der Waals surface area contributed by atoms with Gasteiger partial charge in [0.25, 0.3) is 0 Å². The Labute approximate surface area is 124 Å². The molecule has 0 spiro atoms. The molecule has 1 fully saturated rings. The lowest BCUT2D eigenvalue weighted by Gasteiger charge is -2.13. The molecule has 1 aromatic carbocycles. The van der Waals surface area contributed by atoms with Gasteiger partial charge in [-0.1, -0.05) is 0 Å². The molecular formula is C13H20N4O3S. The van der Waals surface area contributed by atoms with Gasteiger partial charge in [-0.3, -0.25) is 4.79 Å². The molecule has 116 valence electrons. The summed E-state index contributed by atoms with van der Waals surface area (Å²) in [5, 5.41) is 5.81. The van der Waals surface area contributed by atoms with Crippen molar-refractivity contribution in [2.75, 3.05) is 31.2 Å². The second kappa shape index (κ2) is 6.31. The predicted octanol–water partition coefficient (Wildman–Crippen LogP) is 0.115. The average molecular weight is 312 g/mol. The van der Waals surface area contributed by atoms with Crippen molar-refractivity contribution >= 4 is 27.3 Å². The van der Waals surface area contributed by atoms with E-state index in [1.165, 1.54) is 13.1 Å². The van der Waals surface area contributed by atoms with E-state index in [0.29, 0.717) is 24.5 Å². The lowest BCUT2D eigenvalue weighted by atomic mass is 10.3. The van der Waals surface area contributed by atoms with Crippen LogP contribution < -0.4 is 21.1 Å². The summed E-state index contributed by atoms with van der Waals surface area (Å²) in [7, 11) is -2.24. The number of hydrogen-bond acceptors (Lipinski definition) is 5. The fourth-order valence-corrected chi connectivity index (χ4v) is 2.83. The largest absolute Gasteiger partial charge is 0.399 e. The van der Waals surface area contributed by atoms with Gasteiger partial charge < -0.3 is 16.4 Å². The zero-order valence-electron chi connectivity index (χ0n) is 11.8. The second-order valence-corrected chi connectivity index (χ2v) is 6.81. The maximum atomic E-state index is 11.9. The molecule has 1 aliphatic rings. The van der Waals surface area contributed by atoms with Crippen LogP contribution in [0.3, 0.4) is 0 Å². The molecule has 1 amide bonds. The fourth-order valence-electron chi connectivity index (χ4n) is 1.89. The lowest BCUT2D eigenvalue weighted by Crippen LogP contribution is -2.30. The Hall–Kier alpha value is -1.80. The predicted molar refractivity (Wildman–Crippen MR) is 81.3 cm³/mol. The third-order valence-electron chi connectivity index (χ3n) is 3.25. The van der Waals surface area contributed by atoms with E-state index < -0.39 is 10.0 Å². The van der Waals surface area contributed by atoms with E-state index in [1.54, 1.807) is 12.1 Å². The number of nitrogens with one attached hydrogen (secondary N) is 3. The third kappa shape index (κ3) is 4.08. The number of sulfonamides is 1. The van der Waals surface area contributed by atoms with Gasteiger partial charge in [0, 0.05) is 24.7 Å². The summed E-state index contributed by atoms with van der Waals surface area (Å²) in [6, 6.07) is 4.64. The zero-order valence-corrected chi connectivity index (χ0v) is 12.7. The molecule has 2 rings (SSSR count). The first-order valence-corrected chi connectivity index (χ1v) is 8.27. The van der Waals surface area contributed by atoms with Gasteiger partial charge in [-0.15, -0.1) is 0 Å². The molecule has 5 N–H and O–H groups in total. The van der Waals surface area contributed by atoms with Crippen molar-refractivity contribution in [3.63, 3.8) is 0 Å². The maximum Gasteiger partial charge on any atom is 0.242 e. The van der Waals surface area contributed by atoms with Crippen molar-refractivity contribution in [3.8, 4) is 0 Å². The van der Waals surface area contributed by atoms with Crippen molar-refractivity contribution in [2.45, 2.75) is 17.7 Å². The molecule has 0 aliphatic heterocycles. The van der Waals surface area contributed by atoms with Crippen LogP contribution in [0.15, 0.2) is 23.1 Å². The van der Waals surface area contributed by atoms with Gasteiger partial charge >= 0.3 is 0 Å². The van der Waals surface area contributed by atoms with Gasteiger partial charge in [0.2, 0.25) is 15.9 Å². The van der Waals surface area contributed by atoms with Gasteiger partial charge in [0.15, 0.2) is 0 Å². The van der Waals surface area contributed by atoms with E-state index in [9.17, 15) is 13.2 Å². The van der Waals surface area contributed by atoms with Crippen LogP contribution in [0.5, 0.6) is 0 Å². The van der Waals surface area contributed by atoms with Crippen molar-refractivity contribution in [3.05, 3.63) is 18.2 Å². The highest BCUT2D eigenvalue weighted by atomic mass is 32.2. The first kappa shape index (κ1) is 15.6. The normalized spacial score (nSPS) is 14.7. The van der Waals surface area contributed by atoms with Crippen LogP contribution in [0, 0.1) is 5.92 Å². The summed E-state index contributed by atoms with van der Waals surface area (Å²) in [6.07, 6.45) is 1.92. The minimum atomic E-state index is -3.59. The molecule has 0 aromatic heterocycles. The molecule has 0 unspecified atom stereocenters. The number of anilines is 2. The standard InChI is InChI=1S/C13H20N4O3S/c1-15-21(19,20)12-8-10(14)4-5-11(12)16-6-7-17-13(18)9-2-3-9/h4-5,8-9,15-16H,2-3,6-7,14H2,1H3,(H,17,18).